The number of carbonyl (C=O) groups excluding carboxylic acids is 8. The molecule has 20 heteroatoms. The maximum atomic E-state index is 14.5. The number of amides is 8. The maximum Gasteiger partial charge on any atom is 0.320 e. The van der Waals surface area contributed by atoms with Gasteiger partial charge in [-0.05, 0) is 43.4 Å². The lowest BCUT2D eigenvalue weighted by Crippen LogP contribution is -2.79. The van der Waals surface area contributed by atoms with Gasteiger partial charge in [-0.3, -0.25) is 43.2 Å². The van der Waals surface area contributed by atoms with Gasteiger partial charge in [-0.1, -0.05) is 12.1 Å². The molecule has 8 aliphatic rings. The number of hydrogen-bond donors (Lipinski definition) is 8. The van der Waals surface area contributed by atoms with Crippen molar-refractivity contribution in [1.29, 1.82) is 0 Å². The molecule has 0 aliphatic carbocycles. The number of aromatic hydroxyl groups is 1. The smallest absolute Gasteiger partial charge is 0.320 e. The Morgan fingerprint density at radius 2 is 1.16 bits per heavy atom. The summed E-state index contributed by atoms with van der Waals surface area (Å²) in [6.07, 6.45) is -0.124. The lowest BCUT2D eigenvalue weighted by atomic mass is 9.78. The molecule has 4 spiro atoms. The van der Waals surface area contributed by atoms with Gasteiger partial charge < -0.3 is 56.8 Å². The lowest BCUT2D eigenvalue weighted by Gasteiger charge is -2.53. The Morgan fingerprint density at radius 1 is 0.655 bits per heavy atom. The van der Waals surface area contributed by atoms with Gasteiger partial charge in [-0.15, -0.1) is 0 Å². The molecule has 8 amide bonds. The van der Waals surface area contributed by atoms with Crippen molar-refractivity contribution in [3.8, 4) is 5.75 Å². The number of benzene rings is 1. The Morgan fingerprint density at radius 3 is 1.82 bits per heavy atom. The summed E-state index contributed by atoms with van der Waals surface area (Å²) < 4.78 is 0. The van der Waals surface area contributed by atoms with E-state index in [1.807, 2.05) is 0 Å². The molecule has 8 fully saturated rings. The van der Waals surface area contributed by atoms with Crippen molar-refractivity contribution in [1.82, 2.24) is 46.6 Å². The largest absolute Gasteiger partial charge is 0.508 e. The van der Waals surface area contributed by atoms with Gasteiger partial charge in [0.15, 0.2) is 0 Å². The quantitative estimate of drug-likeness (QED) is 0.144. The van der Waals surface area contributed by atoms with Gasteiger partial charge in [0.1, 0.15) is 58.1 Å². The fourth-order valence-electron chi connectivity index (χ4n) is 10.1. The summed E-state index contributed by atoms with van der Waals surface area (Å²) in [4.78, 5) is 126. The number of phenolic OH excluding ortho intramolecular Hbond substituents is 1. The molecule has 1 aromatic rings. The lowest BCUT2D eigenvalue weighted by molar-refractivity contribution is -0.167. The van der Waals surface area contributed by atoms with E-state index in [1.165, 1.54) is 26.8 Å². The molecule has 55 heavy (non-hydrogen) atoms. The molecule has 0 bridgehead atoms. The molecule has 8 heterocycles. The van der Waals surface area contributed by atoms with Crippen LogP contribution in [0.5, 0.6) is 5.75 Å². The van der Waals surface area contributed by atoms with E-state index in [2.05, 4.69) is 31.9 Å². The summed E-state index contributed by atoms with van der Waals surface area (Å²) in [6, 6.07) is 1.19. The second kappa shape index (κ2) is 11.6. The van der Waals surface area contributed by atoms with Crippen LogP contribution >= 0.6 is 0 Å². The van der Waals surface area contributed by atoms with Crippen LogP contribution in [0, 0.1) is 0 Å². The molecule has 9 rings (SSSR count). The highest BCUT2D eigenvalue weighted by Crippen LogP contribution is 2.43. The van der Waals surface area contributed by atoms with Crippen LogP contribution in [0.1, 0.15) is 44.1 Å². The average Bonchev–Trinajstić information content (AvgIpc) is 3.74. The fraction of sp³-hybridized carbons (Fsp3) is 0.571. The van der Waals surface area contributed by atoms with Gasteiger partial charge in [0.25, 0.3) is 11.8 Å². The molecular weight excluding hydrogens is 722 g/mol. The second-order valence-corrected chi connectivity index (χ2v) is 16.3. The van der Waals surface area contributed by atoms with E-state index in [4.69, 9.17) is 0 Å². The van der Waals surface area contributed by atoms with Crippen LogP contribution in [0.2, 0.25) is 0 Å². The number of rotatable bonds is 3. The number of nitrogens with zero attached hydrogens (tertiary/aromatic N) is 3. The van der Waals surface area contributed by atoms with Crippen molar-refractivity contribution in [2.75, 3.05) is 26.2 Å². The third kappa shape index (κ3) is 5.02. The highest BCUT2D eigenvalue weighted by molar-refractivity contribution is 6.08. The Bertz CT molecular complexity index is 2000. The molecule has 8 N–H and O–H groups in total. The summed E-state index contributed by atoms with van der Waals surface area (Å²) in [5, 5.41) is 35.7. The minimum absolute atomic E-state index is 0.00157. The molecule has 0 radical (unpaired) electrons. The summed E-state index contributed by atoms with van der Waals surface area (Å²) in [5.41, 5.74) is -5.68. The Labute approximate surface area is 312 Å². The van der Waals surface area contributed by atoms with Gasteiger partial charge in [0, 0.05) is 25.8 Å². The topological polar surface area (TPSA) is 276 Å². The number of carbonyl (C=O) groups is 9. The number of fused-ring (bicyclic) bond motifs is 3. The molecule has 8 saturated heterocycles. The van der Waals surface area contributed by atoms with Crippen LogP contribution in [-0.4, -0.2) is 157 Å². The molecule has 290 valence electrons. The van der Waals surface area contributed by atoms with Crippen molar-refractivity contribution in [3.63, 3.8) is 0 Å². The fourth-order valence-corrected chi connectivity index (χ4v) is 10.1. The predicted octanol–water partition coefficient (Wildman–Crippen LogP) is -5.08. The van der Waals surface area contributed by atoms with Crippen LogP contribution in [0.4, 0.5) is 0 Å². The Balaban J connectivity index is 0.924. The van der Waals surface area contributed by atoms with Crippen molar-refractivity contribution < 1.29 is 53.4 Å². The van der Waals surface area contributed by atoms with Crippen molar-refractivity contribution >= 4 is 53.2 Å². The van der Waals surface area contributed by atoms with Crippen LogP contribution < -0.4 is 31.9 Å². The molecule has 20 nitrogen and oxygen atoms in total. The number of carboxylic acid groups (broad SMARTS) is 1. The van der Waals surface area contributed by atoms with Crippen molar-refractivity contribution in [2.24, 2.45) is 0 Å². The highest BCUT2D eigenvalue weighted by Gasteiger charge is 2.68. The zero-order chi connectivity index (χ0) is 38.8. The Hall–Kier alpha value is -5.79. The summed E-state index contributed by atoms with van der Waals surface area (Å²) >= 11 is 0. The highest BCUT2D eigenvalue weighted by atomic mass is 16.4. The van der Waals surface area contributed by atoms with Crippen LogP contribution in [0.3, 0.4) is 0 Å². The average molecular weight is 762 g/mol. The molecule has 9 atom stereocenters. The van der Waals surface area contributed by atoms with Crippen LogP contribution in [-0.2, 0) is 49.6 Å². The first kappa shape index (κ1) is 34.9. The minimum atomic E-state index is -1.70. The van der Waals surface area contributed by atoms with Gasteiger partial charge in [-0.2, -0.15) is 0 Å². The molecule has 1 aromatic carbocycles. The number of carboxylic acids is 1. The first-order valence-corrected chi connectivity index (χ1v) is 18.3. The van der Waals surface area contributed by atoms with E-state index in [9.17, 15) is 53.4 Å². The third-order valence-electron chi connectivity index (χ3n) is 13.0. The molecule has 0 saturated carbocycles. The van der Waals surface area contributed by atoms with Gasteiger partial charge >= 0.3 is 5.97 Å². The standard InChI is InChI=1S/C35H39N9O11/c45-17-3-1-16(2-4-17)9-19-23(46)38-34(28(52)37-19)10-21-26(49)40-33(30(54)43(21)14-34)8-6-20-24(47)41-35(31(55)42(20)13-33)11-22-25(48)39-32(29(53)44(22)15-35)7-5-18(27(50)51)36-12-32/h1-4,18-22,36,45H,5-15H2,(H,37,52)(H,38,46)(H,39,48)(H,40,49)(H,41,47)(H,50,51)/t18-,19-,20-,21-,22-,32-,33-,34-,35-/m0/s1. The second-order valence-electron chi connectivity index (χ2n) is 16.3. The number of nitrogens with one attached hydrogen (secondary N) is 6. The van der Waals surface area contributed by atoms with Crippen LogP contribution in [0.25, 0.3) is 0 Å². The maximum absolute atomic E-state index is 14.5. The number of piperidine rings is 2. The molecule has 8 aliphatic heterocycles. The van der Waals surface area contributed by atoms with Crippen molar-refractivity contribution in [2.45, 2.75) is 97.3 Å². The van der Waals surface area contributed by atoms with E-state index in [1.54, 1.807) is 12.1 Å². The van der Waals surface area contributed by atoms with Crippen molar-refractivity contribution in [3.05, 3.63) is 29.8 Å². The van der Waals surface area contributed by atoms with E-state index in [0.29, 0.717) is 5.56 Å². The monoisotopic (exact) mass is 761 g/mol. The van der Waals surface area contributed by atoms with Crippen LogP contribution in [0.15, 0.2) is 24.3 Å². The summed E-state index contributed by atoms with van der Waals surface area (Å²) in [6.45, 7) is -1.13. The molecular formula is C35H39N9O11. The van der Waals surface area contributed by atoms with Gasteiger partial charge in [0.05, 0.1) is 19.6 Å². The van der Waals surface area contributed by atoms with Gasteiger partial charge in [-0.25, -0.2) is 0 Å². The number of aliphatic carboxylic acids is 1. The zero-order valence-electron chi connectivity index (χ0n) is 29.4. The minimum Gasteiger partial charge on any atom is -0.508 e. The first-order chi connectivity index (χ1) is 26.1. The Kier molecular flexibility index (Phi) is 7.38. The normalized spacial score (nSPS) is 39.4. The summed E-state index contributed by atoms with van der Waals surface area (Å²) in [5.74, 6) is -5.43. The van der Waals surface area contributed by atoms with E-state index in [0.717, 1.165) is 0 Å². The summed E-state index contributed by atoms with van der Waals surface area (Å²) in [7, 11) is 0. The SMILES string of the molecule is O=C(O)[C@@H]1CC[C@@]2(CN1)NC(=O)[C@@H]1C[C@@]3(CN1C2=O)NC(=O)[C@@H]1CC[C@@]2(CN1C3=O)NC(=O)[C@@H]1C[C@@]3(CN1C2=O)NC(=O)[C@H](Cc1ccc(O)cc1)NC3=O. The van der Waals surface area contributed by atoms with E-state index < -0.39 is 106 Å². The van der Waals surface area contributed by atoms with E-state index >= 15 is 0 Å². The van der Waals surface area contributed by atoms with Gasteiger partial charge in [0.2, 0.25) is 35.4 Å². The zero-order valence-corrected chi connectivity index (χ0v) is 29.4. The third-order valence-corrected chi connectivity index (χ3v) is 13.0. The van der Waals surface area contributed by atoms with E-state index in [-0.39, 0.29) is 76.9 Å². The number of phenols is 1. The number of piperazine rings is 4. The predicted molar refractivity (Wildman–Crippen MR) is 181 cm³/mol. The number of hydrogen-bond acceptors (Lipinski definition) is 11. The molecule has 0 aromatic heterocycles. The molecule has 0 unspecified atom stereocenters. The first-order valence-electron chi connectivity index (χ1n) is 18.3.